The van der Waals surface area contributed by atoms with Crippen LogP contribution in [0.25, 0.3) is 0 Å². The molecule has 8 heteroatoms. The number of carbonyl (C=O) groups is 2. The molecule has 94 valence electrons. The topological polar surface area (TPSA) is 83.1 Å². The van der Waals surface area contributed by atoms with Crippen molar-refractivity contribution in [3.63, 3.8) is 0 Å². The van der Waals surface area contributed by atoms with Gasteiger partial charge in [0.2, 0.25) is 0 Å². The summed E-state index contributed by atoms with van der Waals surface area (Å²) in [7, 11) is 6.68. The molecule has 0 rings (SSSR count). The third kappa shape index (κ3) is 9.34. The normalized spacial score (nSPS) is 10.6. The molecule has 0 bridgehead atoms. The molecule has 0 fully saturated rings. The average molecular weight is 234 g/mol. The van der Waals surface area contributed by atoms with Crippen LogP contribution < -0.4 is 11.2 Å². The summed E-state index contributed by atoms with van der Waals surface area (Å²) in [5.74, 6) is -1.06. The summed E-state index contributed by atoms with van der Waals surface area (Å²) < 4.78 is 0. The largest absolute Gasteiger partial charge is 0.356 e. The lowest BCUT2D eigenvalue weighted by Crippen LogP contribution is -2.34. The molecule has 0 unspecified atom stereocenters. The Morgan fingerprint density at radius 2 is 1.19 bits per heavy atom. The molecule has 0 heterocycles. The van der Waals surface area contributed by atoms with Gasteiger partial charge < -0.3 is 9.68 Å². The maximum atomic E-state index is 11.0. The highest BCUT2D eigenvalue weighted by atomic mass is 16.7. The van der Waals surface area contributed by atoms with Crippen molar-refractivity contribution in [3.8, 4) is 0 Å². The Bertz CT molecular complexity index is 208. The molecule has 0 saturated heterocycles. The highest BCUT2D eigenvalue weighted by molar-refractivity contribution is 5.77. The van der Waals surface area contributed by atoms with E-state index in [0.717, 1.165) is 0 Å². The molecule has 0 aliphatic heterocycles. The standard InChI is InChI=1S/C8H18N4O4/c1-11(2)9-15-7(13)5-6-8(14)16-10-12(3)4/h9-10H,5-6H2,1-4H3. The van der Waals surface area contributed by atoms with Gasteiger partial charge in [-0.3, -0.25) is 9.59 Å². The molecule has 0 aromatic carbocycles. The molecule has 8 nitrogen and oxygen atoms in total. The number of nitrogens with zero attached hydrogens (tertiary/aromatic N) is 2. The number of rotatable bonds is 7. The van der Waals surface area contributed by atoms with E-state index < -0.39 is 11.9 Å². The van der Waals surface area contributed by atoms with Gasteiger partial charge in [0.25, 0.3) is 0 Å². The zero-order valence-corrected chi connectivity index (χ0v) is 9.94. The van der Waals surface area contributed by atoms with Crippen molar-refractivity contribution >= 4 is 11.9 Å². The fraction of sp³-hybridized carbons (Fsp3) is 0.750. The van der Waals surface area contributed by atoms with Gasteiger partial charge in [-0.05, 0) is 0 Å². The summed E-state index contributed by atoms with van der Waals surface area (Å²) in [6.07, 6.45) is -0.0937. The van der Waals surface area contributed by atoms with Crippen LogP contribution in [0, 0.1) is 0 Å². The molecule has 0 spiro atoms. The van der Waals surface area contributed by atoms with E-state index >= 15 is 0 Å². The molecule has 0 aliphatic rings. The first-order valence-corrected chi connectivity index (χ1v) is 4.67. The van der Waals surface area contributed by atoms with Crippen LogP contribution in [-0.2, 0) is 19.3 Å². The third-order valence-electron chi connectivity index (χ3n) is 1.22. The monoisotopic (exact) mass is 234 g/mol. The predicted octanol–water partition coefficient (Wildman–Crippen LogP) is -1.18. The predicted molar refractivity (Wildman–Crippen MR) is 55.1 cm³/mol. The van der Waals surface area contributed by atoms with Crippen LogP contribution in [0.15, 0.2) is 0 Å². The van der Waals surface area contributed by atoms with E-state index in [4.69, 9.17) is 0 Å². The number of hydrogen-bond donors (Lipinski definition) is 2. The highest BCUT2D eigenvalue weighted by Gasteiger charge is 2.09. The Morgan fingerprint density at radius 3 is 1.44 bits per heavy atom. The van der Waals surface area contributed by atoms with Crippen LogP contribution in [0.1, 0.15) is 12.8 Å². The van der Waals surface area contributed by atoms with Gasteiger partial charge in [0.15, 0.2) is 0 Å². The van der Waals surface area contributed by atoms with Crippen molar-refractivity contribution in [2.45, 2.75) is 12.8 Å². The first-order chi connectivity index (χ1) is 7.41. The maximum absolute atomic E-state index is 11.0. The zero-order chi connectivity index (χ0) is 12.6. The van der Waals surface area contributed by atoms with Gasteiger partial charge in [-0.15, -0.1) is 0 Å². The van der Waals surface area contributed by atoms with Crippen molar-refractivity contribution in [1.29, 1.82) is 0 Å². The van der Waals surface area contributed by atoms with Crippen LogP contribution in [0.4, 0.5) is 0 Å². The maximum Gasteiger partial charge on any atom is 0.327 e. The van der Waals surface area contributed by atoms with Gasteiger partial charge in [-0.25, -0.2) is 10.0 Å². The molecular formula is C8H18N4O4. The van der Waals surface area contributed by atoms with E-state index in [2.05, 4.69) is 20.9 Å². The van der Waals surface area contributed by atoms with Gasteiger partial charge >= 0.3 is 11.9 Å². The summed E-state index contributed by atoms with van der Waals surface area (Å²) in [5, 5.41) is 2.92. The summed E-state index contributed by atoms with van der Waals surface area (Å²) in [6.45, 7) is 0. The Kier molecular flexibility index (Phi) is 7.38. The van der Waals surface area contributed by atoms with Crippen LogP contribution >= 0.6 is 0 Å². The second-order valence-corrected chi connectivity index (χ2v) is 3.42. The van der Waals surface area contributed by atoms with Gasteiger partial charge in [0.1, 0.15) is 0 Å². The fourth-order valence-electron chi connectivity index (χ4n) is 0.591. The summed E-state index contributed by atoms with van der Waals surface area (Å²) in [4.78, 5) is 31.2. The molecule has 0 aromatic heterocycles. The molecule has 0 amide bonds. The average Bonchev–Trinajstić information content (AvgIpc) is 2.20. The van der Waals surface area contributed by atoms with Gasteiger partial charge in [-0.2, -0.15) is 0 Å². The van der Waals surface area contributed by atoms with Crippen molar-refractivity contribution in [1.82, 2.24) is 21.2 Å². The quantitative estimate of drug-likeness (QED) is 0.532. The first kappa shape index (κ1) is 14.8. The lowest BCUT2D eigenvalue weighted by molar-refractivity contribution is -0.169. The van der Waals surface area contributed by atoms with Crippen molar-refractivity contribution in [3.05, 3.63) is 0 Å². The van der Waals surface area contributed by atoms with Crippen molar-refractivity contribution in [2.75, 3.05) is 28.2 Å². The zero-order valence-electron chi connectivity index (χ0n) is 9.94. The van der Waals surface area contributed by atoms with Crippen LogP contribution in [-0.4, -0.2) is 50.1 Å². The van der Waals surface area contributed by atoms with Crippen LogP contribution in [0.2, 0.25) is 0 Å². The Balaban J connectivity index is 3.55. The first-order valence-electron chi connectivity index (χ1n) is 4.67. The van der Waals surface area contributed by atoms with Crippen LogP contribution in [0.3, 0.4) is 0 Å². The molecule has 0 aromatic rings. The van der Waals surface area contributed by atoms with Gasteiger partial charge in [-0.1, -0.05) is 11.2 Å². The Labute approximate surface area is 94.3 Å². The smallest absolute Gasteiger partial charge is 0.327 e. The second kappa shape index (κ2) is 7.99. The minimum Gasteiger partial charge on any atom is -0.356 e. The summed E-state index contributed by atoms with van der Waals surface area (Å²) in [5.41, 5.74) is 4.65. The van der Waals surface area contributed by atoms with Crippen molar-refractivity contribution in [2.24, 2.45) is 0 Å². The van der Waals surface area contributed by atoms with Crippen molar-refractivity contribution < 1.29 is 19.3 Å². The van der Waals surface area contributed by atoms with E-state index in [0.29, 0.717) is 0 Å². The second-order valence-electron chi connectivity index (χ2n) is 3.42. The molecule has 0 radical (unpaired) electrons. The summed E-state index contributed by atoms with van der Waals surface area (Å²) >= 11 is 0. The fourth-order valence-corrected chi connectivity index (χ4v) is 0.591. The number of hydrogen-bond acceptors (Lipinski definition) is 8. The lowest BCUT2D eigenvalue weighted by Gasteiger charge is -2.12. The summed E-state index contributed by atoms with van der Waals surface area (Å²) in [6, 6.07) is 0. The van der Waals surface area contributed by atoms with Crippen LogP contribution in [0.5, 0.6) is 0 Å². The van der Waals surface area contributed by atoms with E-state index in [-0.39, 0.29) is 12.8 Å². The minimum absolute atomic E-state index is 0.0468. The van der Waals surface area contributed by atoms with E-state index in [9.17, 15) is 9.59 Å². The number of hydrazine groups is 2. The number of nitrogens with one attached hydrogen (secondary N) is 2. The molecule has 16 heavy (non-hydrogen) atoms. The number of carbonyl (C=O) groups excluding carboxylic acids is 2. The molecule has 0 aliphatic carbocycles. The molecular weight excluding hydrogens is 216 g/mol. The Hall–Kier alpha value is -1.22. The minimum atomic E-state index is -0.532. The van der Waals surface area contributed by atoms with E-state index in [1.54, 1.807) is 28.2 Å². The molecule has 0 saturated carbocycles. The van der Waals surface area contributed by atoms with Gasteiger partial charge in [0.05, 0.1) is 12.8 Å². The molecule has 0 atom stereocenters. The molecule has 2 N–H and O–H groups in total. The lowest BCUT2D eigenvalue weighted by atomic mass is 10.3. The SMILES string of the molecule is CN(C)NOC(=O)CCC(=O)ONN(C)C. The Morgan fingerprint density at radius 1 is 0.875 bits per heavy atom. The van der Waals surface area contributed by atoms with E-state index in [1.165, 1.54) is 10.0 Å². The third-order valence-corrected chi connectivity index (χ3v) is 1.22. The van der Waals surface area contributed by atoms with E-state index in [1.807, 2.05) is 0 Å². The van der Waals surface area contributed by atoms with Gasteiger partial charge in [0, 0.05) is 28.2 Å². The highest BCUT2D eigenvalue weighted by Crippen LogP contribution is 1.93.